The van der Waals surface area contributed by atoms with Gasteiger partial charge in [0.05, 0.1) is 11.6 Å². The van der Waals surface area contributed by atoms with Gasteiger partial charge >= 0.3 is 0 Å². The molecule has 0 aliphatic heterocycles. The van der Waals surface area contributed by atoms with Crippen LogP contribution in [0.5, 0.6) is 0 Å². The molecule has 2 aromatic rings. The third kappa shape index (κ3) is 4.30. The van der Waals surface area contributed by atoms with Crippen LogP contribution in [0.25, 0.3) is 0 Å². The molecule has 0 bridgehead atoms. The molecular formula is C20H25N3O2S. The van der Waals surface area contributed by atoms with Crippen molar-refractivity contribution in [3.63, 3.8) is 0 Å². The second-order valence-electron chi connectivity index (χ2n) is 7.23. The maximum Gasteiger partial charge on any atom is 0.257 e. The summed E-state index contributed by atoms with van der Waals surface area (Å²) in [6.07, 6.45) is 2.70. The second-order valence-corrected chi connectivity index (χ2v) is 8.32. The molecule has 1 atom stereocenters. The lowest BCUT2D eigenvalue weighted by Crippen LogP contribution is -2.33. The van der Waals surface area contributed by atoms with Crippen molar-refractivity contribution in [2.24, 2.45) is 5.92 Å². The lowest BCUT2D eigenvalue weighted by atomic mass is 9.90. The van der Waals surface area contributed by atoms with Crippen LogP contribution in [0.15, 0.2) is 24.3 Å². The van der Waals surface area contributed by atoms with E-state index < -0.39 is 0 Å². The van der Waals surface area contributed by atoms with Crippen molar-refractivity contribution < 1.29 is 9.59 Å². The van der Waals surface area contributed by atoms with E-state index in [2.05, 4.69) is 29.5 Å². The van der Waals surface area contributed by atoms with Gasteiger partial charge < -0.3 is 5.32 Å². The first kappa shape index (κ1) is 18.6. The topological polar surface area (TPSA) is 71.1 Å². The molecule has 0 fully saturated rings. The summed E-state index contributed by atoms with van der Waals surface area (Å²) in [6.45, 7) is 6.81. The minimum absolute atomic E-state index is 0.0429. The fraction of sp³-hybridized carbons (Fsp3) is 0.450. The van der Waals surface area contributed by atoms with E-state index in [0.29, 0.717) is 23.2 Å². The second kappa shape index (κ2) is 7.99. The van der Waals surface area contributed by atoms with Crippen molar-refractivity contribution in [2.45, 2.75) is 46.0 Å². The monoisotopic (exact) mass is 371 g/mol. The first-order chi connectivity index (χ1) is 12.4. The summed E-state index contributed by atoms with van der Waals surface area (Å²) in [6, 6.07) is 7.44. The minimum atomic E-state index is -0.209. The Hall–Kier alpha value is -2.21. The Morgan fingerprint density at radius 2 is 2.00 bits per heavy atom. The number of hydrogen-bond donors (Lipinski definition) is 2. The van der Waals surface area contributed by atoms with Crippen molar-refractivity contribution in [3.05, 3.63) is 46.0 Å². The van der Waals surface area contributed by atoms with Gasteiger partial charge in [0, 0.05) is 17.0 Å². The van der Waals surface area contributed by atoms with Crippen LogP contribution < -0.4 is 10.6 Å². The van der Waals surface area contributed by atoms with Crippen molar-refractivity contribution >= 4 is 28.3 Å². The van der Waals surface area contributed by atoms with Crippen LogP contribution in [-0.4, -0.2) is 23.3 Å². The SMILES string of the molecule is Cc1ccc(C(=O)Nc2nc3c(s2)CCCC3C(=O)NCC(C)C)cc1. The highest BCUT2D eigenvalue weighted by atomic mass is 32.1. The number of anilines is 1. The van der Waals surface area contributed by atoms with E-state index in [1.165, 1.54) is 11.3 Å². The number of nitrogens with one attached hydrogen (secondary N) is 2. The Kier molecular flexibility index (Phi) is 5.71. The highest BCUT2D eigenvalue weighted by molar-refractivity contribution is 7.15. The number of aromatic nitrogens is 1. The van der Waals surface area contributed by atoms with Gasteiger partial charge in [0.2, 0.25) is 5.91 Å². The van der Waals surface area contributed by atoms with Gasteiger partial charge in [-0.15, -0.1) is 11.3 Å². The molecule has 1 aliphatic carbocycles. The van der Waals surface area contributed by atoms with Crippen LogP contribution in [0.1, 0.15) is 59.1 Å². The van der Waals surface area contributed by atoms with Crippen LogP contribution >= 0.6 is 11.3 Å². The van der Waals surface area contributed by atoms with Crippen LogP contribution in [0, 0.1) is 12.8 Å². The number of benzene rings is 1. The molecular weight excluding hydrogens is 346 g/mol. The fourth-order valence-corrected chi connectivity index (χ4v) is 4.09. The van der Waals surface area contributed by atoms with Crippen LogP contribution in [0.3, 0.4) is 0 Å². The Morgan fingerprint density at radius 1 is 1.27 bits per heavy atom. The zero-order valence-corrected chi connectivity index (χ0v) is 16.3. The number of nitrogens with zero attached hydrogens (tertiary/aromatic N) is 1. The van der Waals surface area contributed by atoms with Crippen LogP contribution in [0.2, 0.25) is 0 Å². The quantitative estimate of drug-likeness (QED) is 0.837. The maximum absolute atomic E-state index is 12.5. The molecule has 0 saturated carbocycles. The zero-order chi connectivity index (χ0) is 18.7. The molecule has 2 N–H and O–H groups in total. The lowest BCUT2D eigenvalue weighted by molar-refractivity contribution is -0.123. The summed E-state index contributed by atoms with van der Waals surface area (Å²) in [5.41, 5.74) is 2.55. The Bertz CT molecular complexity index is 796. The number of amides is 2. The zero-order valence-electron chi connectivity index (χ0n) is 15.5. The predicted octanol–water partition coefficient (Wildman–Crippen LogP) is 3.90. The first-order valence-electron chi connectivity index (χ1n) is 9.09. The molecule has 1 aromatic heterocycles. The van der Waals surface area contributed by atoms with Crippen LogP contribution in [0.4, 0.5) is 5.13 Å². The van der Waals surface area contributed by atoms with E-state index in [1.807, 2.05) is 19.1 Å². The molecule has 0 saturated heterocycles. The summed E-state index contributed by atoms with van der Waals surface area (Å²) in [5.74, 6) is 0.0823. The van der Waals surface area contributed by atoms with Crippen molar-refractivity contribution in [1.29, 1.82) is 0 Å². The third-order valence-corrected chi connectivity index (χ3v) is 5.54. The average Bonchev–Trinajstić information content (AvgIpc) is 3.02. The molecule has 0 spiro atoms. The molecule has 1 aromatic carbocycles. The van der Waals surface area contributed by atoms with E-state index in [9.17, 15) is 9.59 Å². The Balaban J connectivity index is 1.73. The number of carbonyl (C=O) groups excluding carboxylic acids is 2. The van der Waals surface area contributed by atoms with Gasteiger partial charge in [0.15, 0.2) is 5.13 Å². The van der Waals surface area contributed by atoms with Crippen LogP contribution in [-0.2, 0) is 11.2 Å². The molecule has 26 heavy (non-hydrogen) atoms. The van der Waals surface area contributed by atoms with Gasteiger partial charge in [-0.3, -0.25) is 14.9 Å². The van der Waals surface area contributed by atoms with E-state index in [4.69, 9.17) is 0 Å². The largest absolute Gasteiger partial charge is 0.355 e. The molecule has 0 radical (unpaired) electrons. The first-order valence-corrected chi connectivity index (χ1v) is 9.91. The minimum Gasteiger partial charge on any atom is -0.355 e. The molecule has 5 nitrogen and oxygen atoms in total. The van der Waals surface area contributed by atoms with Gasteiger partial charge in [-0.25, -0.2) is 4.98 Å². The molecule has 1 aliphatic rings. The number of thiazole rings is 1. The fourth-order valence-electron chi connectivity index (χ4n) is 3.03. The number of rotatable bonds is 5. The van der Waals surface area contributed by atoms with Gasteiger partial charge in [-0.2, -0.15) is 0 Å². The standard InChI is InChI=1S/C20H25N3O2S/c1-12(2)11-21-19(25)15-5-4-6-16-17(15)22-20(26-16)23-18(24)14-9-7-13(3)8-10-14/h7-10,12,15H,4-6,11H2,1-3H3,(H,21,25)(H,22,23,24). The number of carbonyl (C=O) groups is 2. The van der Waals surface area contributed by atoms with Gasteiger partial charge in [0.25, 0.3) is 5.91 Å². The van der Waals surface area contributed by atoms with Gasteiger partial charge in [0.1, 0.15) is 0 Å². The van der Waals surface area contributed by atoms with E-state index in [1.54, 1.807) is 12.1 Å². The Morgan fingerprint density at radius 3 is 2.69 bits per heavy atom. The molecule has 1 unspecified atom stereocenters. The molecule has 6 heteroatoms. The summed E-state index contributed by atoms with van der Waals surface area (Å²) in [7, 11) is 0. The molecule has 1 heterocycles. The summed E-state index contributed by atoms with van der Waals surface area (Å²) in [5, 5.41) is 6.47. The van der Waals surface area contributed by atoms with E-state index >= 15 is 0 Å². The Labute approximate surface area is 158 Å². The van der Waals surface area contributed by atoms with E-state index in [-0.39, 0.29) is 17.7 Å². The van der Waals surface area contributed by atoms with E-state index in [0.717, 1.165) is 35.4 Å². The van der Waals surface area contributed by atoms with Crippen molar-refractivity contribution in [2.75, 3.05) is 11.9 Å². The highest BCUT2D eigenvalue weighted by Gasteiger charge is 2.30. The number of aryl methyl sites for hydroxylation is 2. The maximum atomic E-state index is 12.5. The summed E-state index contributed by atoms with van der Waals surface area (Å²) < 4.78 is 0. The normalized spacial score (nSPS) is 16.2. The number of hydrogen-bond acceptors (Lipinski definition) is 4. The predicted molar refractivity (Wildman–Crippen MR) is 105 cm³/mol. The highest BCUT2D eigenvalue weighted by Crippen LogP contribution is 2.37. The molecule has 3 rings (SSSR count). The number of fused-ring (bicyclic) bond motifs is 1. The van der Waals surface area contributed by atoms with Gasteiger partial charge in [-0.1, -0.05) is 31.5 Å². The smallest absolute Gasteiger partial charge is 0.257 e. The summed E-state index contributed by atoms with van der Waals surface area (Å²) in [4.78, 5) is 30.6. The lowest BCUT2D eigenvalue weighted by Gasteiger charge is -2.20. The molecule has 138 valence electrons. The molecule has 2 amide bonds. The third-order valence-electron chi connectivity index (χ3n) is 4.49. The van der Waals surface area contributed by atoms with Crippen molar-refractivity contribution in [1.82, 2.24) is 10.3 Å². The summed E-state index contributed by atoms with van der Waals surface area (Å²) >= 11 is 1.48. The van der Waals surface area contributed by atoms with Crippen molar-refractivity contribution in [3.8, 4) is 0 Å². The average molecular weight is 372 g/mol. The van der Waals surface area contributed by atoms with Gasteiger partial charge in [-0.05, 0) is 44.2 Å².